The van der Waals surface area contributed by atoms with E-state index in [-0.39, 0.29) is 54.7 Å². The second-order valence-corrected chi connectivity index (χ2v) is 13.1. The minimum Gasteiger partial charge on any atom is -0.390 e. The maximum Gasteiger partial charge on any atom is 0.0891 e. The largest absolute Gasteiger partial charge is 0.390 e. The van der Waals surface area contributed by atoms with Crippen LogP contribution in [0.4, 0.5) is 0 Å². The van der Waals surface area contributed by atoms with Gasteiger partial charge in [0.15, 0.2) is 0 Å². The van der Waals surface area contributed by atoms with E-state index in [1.165, 1.54) is 5.57 Å². The normalized spacial score (nSPS) is 42.3. The van der Waals surface area contributed by atoms with Crippen LogP contribution in [0.3, 0.4) is 0 Å². The summed E-state index contributed by atoms with van der Waals surface area (Å²) >= 11 is 0. The second-order valence-electron chi connectivity index (χ2n) is 13.1. The number of aliphatic hydroxyl groups is 1. The second kappa shape index (κ2) is 14.8. The molecule has 0 aromatic heterocycles. The molecule has 4 saturated heterocycles. The molecule has 0 bridgehead atoms. The third kappa shape index (κ3) is 7.77. The van der Waals surface area contributed by atoms with Gasteiger partial charge in [-0.1, -0.05) is 65.5 Å². The molecule has 0 aliphatic carbocycles. The van der Waals surface area contributed by atoms with Gasteiger partial charge < -0.3 is 24.1 Å². The Labute approximate surface area is 244 Å². The molecule has 0 spiro atoms. The van der Waals surface area contributed by atoms with Gasteiger partial charge in [0.05, 0.1) is 54.9 Å². The summed E-state index contributed by atoms with van der Waals surface area (Å²) in [5, 5.41) is 11.3. The molecule has 0 aromatic carbocycles. The minimum absolute atomic E-state index is 0.0334. The highest BCUT2D eigenvalue weighted by molar-refractivity contribution is 5.15. The first-order valence-electron chi connectivity index (χ1n) is 16.2. The number of hydrogen-bond donors (Lipinski definition) is 1. The fourth-order valence-electron chi connectivity index (χ4n) is 7.28. The number of aliphatic hydroxyl groups excluding tert-OH is 1. The standard InChI is InChI=1S/C35H56O5/c1-8-10-11-12-13-15-27-19-23(4)30(37-27)17-16-28-18-22(3)25(6)31(38-28)21-32-34(36)26(7)35-33(39-32)20-24(5)29(40-35)14-9-2/h8,13,15,22,24,26-36H,1,4,6,9-12,14,16-21H2,2-3,5,7H3/b15-13+/t22-,24-,26-,27+,28+,29-,30+,31?,32+,33+,34-,35+/m1/s1. The van der Waals surface area contributed by atoms with E-state index in [0.29, 0.717) is 18.3 Å². The van der Waals surface area contributed by atoms with E-state index in [1.807, 2.05) is 6.08 Å². The summed E-state index contributed by atoms with van der Waals surface area (Å²) in [5.74, 6) is 0.881. The molecule has 5 nitrogen and oxygen atoms in total. The van der Waals surface area contributed by atoms with Gasteiger partial charge >= 0.3 is 0 Å². The van der Waals surface area contributed by atoms with Crippen molar-refractivity contribution in [3.8, 4) is 0 Å². The maximum absolute atomic E-state index is 11.3. The lowest BCUT2D eigenvalue weighted by molar-refractivity contribution is -0.259. The van der Waals surface area contributed by atoms with Gasteiger partial charge in [0.2, 0.25) is 0 Å². The van der Waals surface area contributed by atoms with Crippen molar-refractivity contribution in [2.45, 2.75) is 153 Å². The monoisotopic (exact) mass is 556 g/mol. The SMILES string of the molecule is C=CCCC/C=C/[C@H]1CC(=C)[C@H](CC[C@H]2C[C@@H](C)C(=C)C(C[C@@H]3O[C@H]4C[C@@H](C)[C@@H](CCC)O[C@H]4[C@H](C)[C@H]3O)O2)O1. The van der Waals surface area contributed by atoms with Crippen LogP contribution in [-0.2, 0) is 18.9 Å². The lowest BCUT2D eigenvalue weighted by atomic mass is 9.78. The molecule has 40 heavy (non-hydrogen) atoms. The van der Waals surface area contributed by atoms with E-state index in [0.717, 1.165) is 69.8 Å². The zero-order chi connectivity index (χ0) is 28.8. The van der Waals surface area contributed by atoms with Gasteiger partial charge in [-0.15, -0.1) is 6.58 Å². The van der Waals surface area contributed by atoms with Crippen molar-refractivity contribution in [1.82, 2.24) is 0 Å². The van der Waals surface area contributed by atoms with E-state index >= 15 is 0 Å². The number of fused-ring (bicyclic) bond motifs is 1. The van der Waals surface area contributed by atoms with E-state index in [9.17, 15) is 5.11 Å². The highest BCUT2D eigenvalue weighted by Crippen LogP contribution is 2.42. The molecule has 4 heterocycles. The number of unbranched alkanes of at least 4 members (excludes halogenated alkanes) is 2. The topological polar surface area (TPSA) is 57.2 Å². The molecule has 4 aliphatic heterocycles. The van der Waals surface area contributed by atoms with Crippen LogP contribution >= 0.6 is 0 Å². The molecule has 0 aromatic rings. The predicted molar refractivity (Wildman–Crippen MR) is 162 cm³/mol. The summed E-state index contributed by atoms with van der Waals surface area (Å²) in [5.41, 5.74) is 2.32. The summed E-state index contributed by atoms with van der Waals surface area (Å²) in [4.78, 5) is 0. The first-order chi connectivity index (χ1) is 19.2. The molecule has 1 unspecified atom stereocenters. The highest BCUT2D eigenvalue weighted by Gasteiger charge is 2.49. The molecule has 5 heteroatoms. The zero-order valence-electron chi connectivity index (χ0n) is 25.6. The van der Waals surface area contributed by atoms with Gasteiger partial charge in [-0.25, -0.2) is 0 Å². The summed E-state index contributed by atoms with van der Waals surface area (Å²) in [7, 11) is 0. The Kier molecular flexibility index (Phi) is 11.7. The van der Waals surface area contributed by atoms with Gasteiger partial charge in [0, 0.05) is 18.8 Å². The van der Waals surface area contributed by atoms with Crippen LogP contribution in [0.25, 0.3) is 0 Å². The molecular formula is C35H56O5. The quantitative estimate of drug-likeness (QED) is 0.199. The first kappa shape index (κ1) is 31.7. The summed E-state index contributed by atoms with van der Waals surface area (Å²) in [6, 6.07) is 0. The van der Waals surface area contributed by atoms with Crippen molar-refractivity contribution in [1.29, 1.82) is 0 Å². The molecule has 12 atom stereocenters. The third-order valence-electron chi connectivity index (χ3n) is 9.90. The number of hydrogen-bond acceptors (Lipinski definition) is 5. The maximum atomic E-state index is 11.3. The van der Waals surface area contributed by atoms with Crippen LogP contribution < -0.4 is 0 Å². The first-order valence-corrected chi connectivity index (χ1v) is 16.2. The van der Waals surface area contributed by atoms with Crippen molar-refractivity contribution in [3.63, 3.8) is 0 Å². The van der Waals surface area contributed by atoms with E-state index in [4.69, 9.17) is 18.9 Å². The molecular weight excluding hydrogens is 500 g/mol. The van der Waals surface area contributed by atoms with Crippen molar-refractivity contribution in [3.05, 3.63) is 49.1 Å². The van der Waals surface area contributed by atoms with E-state index in [1.54, 1.807) is 0 Å². The molecule has 4 fully saturated rings. The Morgan fingerprint density at radius 3 is 2.48 bits per heavy atom. The van der Waals surface area contributed by atoms with Crippen molar-refractivity contribution >= 4 is 0 Å². The average Bonchev–Trinajstić information content (AvgIpc) is 3.28. The van der Waals surface area contributed by atoms with Crippen LogP contribution in [0.2, 0.25) is 0 Å². The van der Waals surface area contributed by atoms with Gasteiger partial charge in [-0.3, -0.25) is 0 Å². The van der Waals surface area contributed by atoms with Crippen molar-refractivity contribution < 1.29 is 24.1 Å². The van der Waals surface area contributed by atoms with E-state index < -0.39 is 6.10 Å². The molecule has 0 saturated carbocycles. The molecule has 0 amide bonds. The fraction of sp³-hybridized carbons (Fsp3) is 0.771. The van der Waals surface area contributed by atoms with Crippen LogP contribution in [0.5, 0.6) is 0 Å². The lowest BCUT2D eigenvalue weighted by Gasteiger charge is -2.50. The van der Waals surface area contributed by atoms with Crippen molar-refractivity contribution in [2.24, 2.45) is 17.8 Å². The van der Waals surface area contributed by atoms with Gasteiger partial charge in [-0.05, 0) is 74.3 Å². The molecule has 4 aliphatic rings. The zero-order valence-corrected chi connectivity index (χ0v) is 25.6. The van der Waals surface area contributed by atoms with Gasteiger partial charge in [0.25, 0.3) is 0 Å². The number of allylic oxidation sites excluding steroid dienone is 2. The predicted octanol–water partition coefficient (Wildman–Crippen LogP) is 7.49. The number of rotatable bonds is 12. The Bertz CT molecular complexity index is 881. The average molecular weight is 557 g/mol. The summed E-state index contributed by atoms with van der Waals surface area (Å²) < 4.78 is 26.1. The van der Waals surface area contributed by atoms with Crippen LogP contribution in [0, 0.1) is 17.8 Å². The third-order valence-corrected chi connectivity index (χ3v) is 9.90. The van der Waals surface area contributed by atoms with Gasteiger partial charge in [0.1, 0.15) is 0 Å². The number of ether oxygens (including phenoxy) is 4. The summed E-state index contributed by atoms with van der Waals surface area (Å²) in [6.07, 6.45) is 16.9. The lowest BCUT2D eigenvalue weighted by Crippen LogP contribution is -2.59. The Morgan fingerprint density at radius 1 is 0.925 bits per heavy atom. The Hall–Kier alpha value is -1.24. The van der Waals surface area contributed by atoms with E-state index in [2.05, 4.69) is 59.6 Å². The molecule has 0 radical (unpaired) electrons. The highest BCUT2D eigenvalue weighted by atomic mass is 16.6. The minimum atomic E-state index is -0.569. The van der Waals surface area contributed by atoms with Crippen molar-refractivity contribution in [2.75, 3.05) is 0 Å². The molecule has 4 rings (SSSR count). The summed E-state index contributed by atoms with van der Waals surface area (Å²) in [6.45, 7) is 21.4. The van der Waals surface area contributed by atoms with Crippen LogP contribution in [0.1, 0.15) is 98.3 Å². The Morgan fingerprint density at radius 2 is 1.73 bits per heavy atom. The van der Waals surface area contributed by atoms with Crippen LogP contribution in [0.15, 0.2) is 49.1 Å². The molecule has 1 N–H and O–H groups in total. The Balaban J connectivity index is 1.29. The van der Waals surface area contributed by atoms with Gasteiger partial charge in [-0.2, -0.15) is 0 Å². The fourth-order valence-corrected chi connectivity index (χ4v) is 7.28. The smallest absolute Gasteiger partial charge is 0.0891 e. The molecule has 226 valence electrons. The van der Waals surface area contributed by atoms with Crippen LogP contribution in [-0.4, -0.2) is 60.0 Å².